The zero-order chi connectivity index (χ0) is 20.5. The lowest BCUT2D eigenvalue weighted by atomic mass is 10.1. The molecule has 0 spiro atoms. The molecule has 9 heteroatoms. The molecule has 0 aliphatic heterocycles. The van der Waals surface area contributed by atoms with E-state index >= 15 is 0 Å². The van der Waals surface area contributed by atoms with Crippen LogP contribution in [0.15, 0.2) is 47.6 Å². The van der Waals surface area contributed by atoms with Crippen LogP contribution in [0, 0.1) is 0 Å². The Balaban J connectivity index is 1.54. The molecule has 154 valence electrons. The molecule has 1 aromatic heterocycles. The van der Waals surface area contributed by atoms with Gasteiger partial charge in [0.05, 0.1) is 7.11 Å². The van der Waals surface area contributed by atoms with E-state index in [0.717, 1.165) is 35.0 Å². The zero-order valence-electron chi connectivity index (χ0n) is 16.5. The molecule has 0 atom stereocenters. The molecule has 1 heterocycles. The molecule has 3 rings (SSSR count). The highest BCUT2D eigenvalue weighted by molar-refractivity contribution is 7.99. The number of benzene rings is 2. The van der Waals surface area contributed by atoms with Gasteiger partial charge in [-0.2, -0.15) is 0 Å². The first kappa shape index (κ1) is 21.4. The molecule has 0 fully saturated rings. The largest absolute Gasteiger partial charge is 0.493 e. The molecule has 0 radical (unpaired) electrons. The fourth-order valence-corrected chi connectivity index (χ4v) is 3.75. The maximum Gasteiger partial charge on any atom is 0.209 e. The van der Waals surface area contributed by atoms with Gasteiger partial charge >= 0.3 is 0 Å². The maximum atomic E-state index is 6.26. The highest BCUT2D eigenvalue weighted by Crippen LogP contribution is 2.35. The van der Waals surface area contributed by atoms with Gasteiger partial charge in [0.2, 0.25) is 5.16 Å². The van der Waals surface area contributed by atoms with Crippen molar-refractivity contribution in [1.29, 1.82) is 0 Å². The molecular weight excluding hydrogens is 410 g/mol. The summed E-state index contributed by atoms with van der Waals surface area (Å²) in [7, 11) is 3.46. The van der Waals surface area contributed by atoms with Crippen molar-refractivity contribution in [1.82, 2.24) is 25.5 Å². The van der Waals surface area contributed by atoms with Crippen molar-refractivity contribution in [2.45, 2.75) is 24.7 Å². The Kier molecular flexibility index (Phi) is 8.15. The minimum absolute atomic E-state index is 0.466. The van der Waals surface area contributed by atoms with Crippen molar-refractivity contribution >= 4 is 23.4 Å². The van der Waals surface area contributed by atoms with Crippen molar-refractivity contribution < 1.29 is 9.47 Å². The highest BCUT2D eigenvalue weighted by Gasteiger charge is 2.13. The fourth-order valence-electron chi connectivity index (χ4n) is 2.73. The summed E-state index contributed by atoms with van der Waals surface area (Å²) < 4.78 is 13.3. The van der Waals surface area contributed by atoms with Crippen LogP contribution in [0.5, 0.6) is 11.5 Å². The molecule has 7 nitrogen and oxygen atoms in total. The third kappa shape index (κ3) is 6.35. The van der Waals surface area contributed by atoms with Crippen LogP contribution in [-0.2, 0) is 20.2 Å². The molecule has 0 saturated heterocycles. The predicted molar refractivity (Wildman–Crippen MR) is 115 cm³/mol. The van der Waals surface area contributed by atoms with Crippen molar-refractivity contribution in [2.24, 2.45) is 7.05 Å². The molecule has 29 heavy (non-hydrogen) atoms. The Labute approximate surface area is 179 Å². The molecule has 0 aliphatic carbocycles. The second-order valence-electron chi connectivity index (χ2n) is 6.33. The van der Waals surface area contributed by atoms with Crippen LogP contribution >= 0.6 is 23.4 Å². The van der Waals surface area contributed by atoms with Gasteiger partial charge in [0, 0.05) is 36.0 Å². The van der Waals surface area contributed by atoms with E-state index in [0.29, 0.717) is 29.7 Å². The number of halogens is 1. The van der Waals surface area contributed by atoms with E-state index in [1.165, 1.54) is 0 Å². The number of thioether (sulfide) groups is 1. The van der Waals surface area contributed by atoms with Crippen LogP contribution in [-0.4, -0.2) is 39.6 Å². The van der Waals surface area contributed by atoms with E-state index in [9.17, 15) is 0 Å². The van der Waals surface area contributed by atoms with E-state index in [4.69, 9.17) is 21.1 Å². The van der Waals surface area contributed by atoms with Gasteiger partial charge in [-0.15, -0.1) is 5.10 Å². The fraction of sp³-hybridized carbons (Fsp3) is 0.350. The SMILES string of the molecule is COc1cc(Cl)cc(CNCCCSc2nnnn2C)c1OCc1ccccc1. The van der Waals surface area contributed by atoms with Gasteiger partial charge in [0.15, 0.2) is 11.5 Å². The second kappa shape index (κ2) is 11.0. The number of rotatable bonds is 11. The Morgan fingerprint density at radius 3 is 2.76 bits per heavy atom. The second-order valence-corrected chi connectivity index (χ2v) is 7.83. The van der Waals surface area contributed by atoms with Gasteiger partial charge in [-0.3, -0.25) is 0 Å². The molecule has 3 aromatic rings. The van der Waals surface area contributed by atoms with E-state index in [-0.39, 0.29) is 0 Å². The monoisotopic (exact) mass is 433 g/mol. The summed E-state index contributed by atoms with van der Waals surface area (Å²) >= 11 is 7.90. The number of methoxy groups -OCH3 is 1. The van der Waals surface area contributed by atoms with Crippen molar-refractivity contribution in [2.75, 3.05) is 19.4 Å². The molecule has 1 N–H and O–H groups in total. The number of nitrogens with zero attached hydrogens (tertiary/aromatic N) is 4. The number of nitrogens with one attached hydrogen (secondary N) is 1. The maximum absolute atomic E-state index is 6.26. The third-order valence-electron chi connectivity index (χ3n) is 4.17. The van der Waals surface area contributed by atoms with Gasteiger partial charge < -0.3 is 14.8 Å². The quantitative estimate of drug-likeness (QED) is 0.365. The lowest BCUT2D eigenvalue weighted by molar-refractivity contribution is 0.280. The van der Waals surface area contributed by atoms with Crippen LogP contribution in [0.3, 0.4) is 0 Å². The van der Waals surface area contributed by atoms with E-state index in [2.05, 4.69) is 20.8 Å². The van der Waals surface area contributed by atoms with Crippen LogP contribution < -0.4 is 14.8 Å². The van der Waals surface area contributed by atoms with Crippen molar-refractivity contribution in [3.63, 3.8) is 0 Å². The van der Waals surface area contributed by atoms with Crippen molar-refractivity contribution in [3.05, 3.63) is 58.6 Å². The molecule has 0 saturated carbocycles. The molecule has 2 aromatic carbocycles. The normalized spacial score (nSPS) is 10.9. The average Bonchev–Trinajstić information content (AvgIpc) is 3.14. The van der Waals surface area contributed by atoms with Crippen molar-refractivity contribution in [3.8, 4) is 11.5 Å². The molecule has 0 unspecified atom stereocenters. The summed E-state index contributed by atoms with van der Waals surface area (Å²) in [5, 5.41) is 16.3. The first-order chi connectivity index (χ1) is 14.2. The number of hydrogen-bond donors (Lipinski definition) is 1. The molecule has 0 aliphatic rings. The molecular formula is C20H24ClN5O2S. The average molecular weight is 434 g/mol. The van der Waals surface area contributed by atoms with Gasteiger partial charge in [-0.25, -0.2) is 4.68 Å². The number of tetrazole rings is 1. The standard InChI is InChI=1S/C20H24ClN5O2S/c1-26-20(23-24-25-26)29-10-6-9-22-13-16-11-17(21)12-18(27-2)19(16)28-14-15-7-4-3-5-8-15/h3-5,7-8,11-12,22H,6,9-10,13-14H2,1-2H3. The van der Waals surface area contributed by atoms with Crippen LogP contribution in [0.25, 0.3) is 0 Å². The first-order valence-corrected chi connectivity index (χ1v) is 10.6. The lowest BCUT2D eigenvalue weighted by Gasteiger charge is -2.16. The Morgan fingerprint density at radius 1 is 1.21 bits per heavy atom. The summed E-state index contributed by atoms with van der Waals surface area (Å²) in [4.78, 5) is 0. The topological polar surface area (TPSA) is 74.1 Å². The van der Waals surface area contributed by atoms with Gasteiger partial charge in [-0.05, 0) is 35.0 Å². The molecule has 0 bridgehead atoms. The van der Waals surface area contributed by atoms with Crippen LogP contribution in [0.2, 0.25) is 5.02 Å². The van der Waals surface area contributed by atoms with E-state index in [1.807, 2.05) is 43.4 Å². The predicted octanol–water partition coefficient (Wildman–Crippen LogP) is 3.72. The number of ether oxygens (including phenoxy) is 2. The van der Waals surface area contributed by atoms with Gasteiger partial charge in [0.1, 0.15) is 6.61 Å². The van der Waals surface area contributed by atoms with Gasteiger partial charge in [0.25, 0.3) is 0 Å². The summed E-state index contributed by atoms with van der Waals surface area (Å²) in [6.45, 7) is 1.96. The summed E-state index contributed by atoms with van der Waals surface area (Å²) in [6.07, 6.45) is 0.982. The van der Waals surface area contributed by atoms with Gasteiger partial charge in [-0.1, -0.05) is 53.7 Å². The Bertz CT molecular complexity index is 907. The minimum Gasteiger partial charge on any atom is -0.493 e. The lowest BCUT2D eigenvalue weighted by Crippen LogP contribution is -2.16. The summed E-state index contributed by atoms with van der Waals surface area (Å²) in [5.41, 5.74) is 2.06. The van der Waals surface area contributed by atoms with Crippen LogP contribution in [0.1, 0.15) is 17.5 Å². The Hall–Kier alpha value is -2.29. The third-order valence-corrected chi connectivity index (χ3v) is 5.48. The smallest absolute Gasteiger partial charge is 0.209 e. The zero-order valence-corrected chi connectivity index (χ0v) is 18.0. The first-order valence-electron chi connectivity index (χ1n) is 9.26. The number of hydrogen-bond acceptors (Lipinski definition) is 7. The molecule has 0 amide bonds. The van der Waals surface area contributed by atoms with E-state index < -0.39 is 0 Å². The Morgan fingerprint density at radius 2 is 2.03 bits per heavy atom. The highest BCUT2D eigenvalue weighted by atomic mass is 35.5. The number of aryl methyl sites for hydroxylation is 1. The van der Waals surface area contributed by atoms with E-state index in [1.54, 1.807) is 29.6 Å². The van der Waals surface area contributed by atoms with Crippen LogP contribution in [0.4, 0.5) is 0 Å². The summed E-state index contributed by atoms with van der Waals surface area (Å²) in [5.74, 6) is 2.28. The minimum atomic E-state index is 0.466. The number of aromatic nitrogens is 4. The summed E-state index contributed by atoms with van der Waals surface area (Å²) in [6, 6.07) is 13.7.